The molecule has 2 aromatic heterocycles. The molecule has 0 fully saturated rings. The number of fused-ring (bicyclic) bond motifs is 2. The fourth-order valence-electron chi connectivity index (χ4n) is 5.01. The van der Waals surface area contributed by atoms with Gasteiger partial charge in [0.25, 0.3) is 15.9 Å². The number of carbonyl (C=O) groups excluding carboxylic acids is 2. The zero-order valence-electron chi connectivity index (χ0n) is 24.5. The van der Waals surface area contributed by atoms with E-state index >= 15 is 0 Å². The molecule has 0 radical (unpaired) electrons. The molecule has 224 valence electrons. The van der Waals surface area contributed by atoms with E-state index in [2.05, 4.69) is 38.8 Å². The molecule has 5 rings (SSSR count). The zero-order valence-corrected chi connectivity index (χ0v) is 25.3. The molecule has 2 N–H and O–H groups in total. The quantitative estimate of drug-likeness (QED) is 0.265. The summed E-state index contributed by atoms with van der Waals surface area (Å²) in [5.41, 5.74) is 3.83. The molecule has 12 heteroatoms. The van der Waals surface area contributed by atoms with E-state index in [1.807, 2.05) is 24.3 Å². The molecule has 0 spiro atoms. The molecule has 1 atom stereocenters. The maximum atomic E-state index is 13.7. The first-order valence-corrected chi connectivity index (χ1v) is 15.6. The van der Waals surface area contributed by atoms with Gasteiger partial charge in [0, 0.05) is 59.8 Å². The molecule has 1 amide bonds. The Bertz CT molecular complexity index is 1780. The van der Waals surface area contributed by atoms with Gasteiger partial charge < -0.3 is 10.1 Å². The Kier molecular flexibility index (Phi) is 8.69. The summed E-state index contributed by atoms with van der Waals surface area (Å²) in [6.07, 6.45) is 1.36. The van der Waals surface area contributed by atoms with E-state index in [1.54, 1.807) is 19.9 Å². The molecule has 0 saturated carbocycles. The SMILES string of the molecule is CCC(OC(=O)c1c2c(nc3ccccc13)CCN(C(C)C)C2)C(=O)Nc1ccc(S(=O)(=O)Nc2nccc(C)n2)cc1. The molecule has 0 bridgehead atoms. The van der Waals surface area contributed by atoms with Crippen molar-refractivity contribution in [2.45, 2.75) is 64.1 Å². The maximum absolute atomic E-state index is 13.7. The van der Waals surface area contributed by atoms with Crippen LogP contribution in [0.4, 0.5) is 11.6 Å². The van der Waals surface area contributed by atoms with E-state index in [1.165, 1.54) is 30.5 Å². The summed E-state index contributed by atoms with van der Waals surface area (Å²) in [7, 11) is -3.94. The van der Waals surface area contributed by atoms with Gasteiger partial charge in [0.1, 0.15) is 0 Å². The number of nitrogens with zero attached hydrogens (tertiary/aromatic N) is 4. The Morgan fingerprint density at radius 2 is 1.79 bits per heavy atom. The van der Waals surface area contributed by atoms with Crippen molar-refractivity contribution in [1.82, 2.24) is 19.9 Å². The second kappa shape index (κ2) is 12.4. The van der Waals surface area contributed by atoms with E-state index < -0.39 is 28.0 Å². The molecule has 3 heterocycles. The Morgan fingerprint density at radius 3 is 2.49 bits per heavy atom. The molecule has 0 saturated heterocycles. The number of esters is 1. The van der Waals surface area contributed by atoms with Crippen LogP contribution in [-0.4, -0.2) is 58.8 Å². The zero-order chi connectivity index (χ0) is 30.7. The van der Waals surface area contributed by atoms with Crippen LogP contribution in [0.5, 0.6) is 0 Å². The standard InChI is InChI=1S/C31H34N6O5S/c1-5-27(29(38)34-21-10-12-22(13-11-21)43(40,41)36-31-32-16-14-20(4)33-31)42-30(39)28-23-8-6-7-9-25(23)35-26-15-17-37(19(2)3)18-24(26)28/h6-14,16,19,27H,5,15,17-18H2,1-4H3,(H,34,38)(H,32,33,36). The highest BCUT2D eigenvalue weighted by molar-refractivity contribution is 7.92. The summed E-state index contributed by atoms with van der Waals surface area (Å²) in [4.78, 5) is 42.0. The van der Waals surface area contributed by atoms with E-state index in [0.717, 1.165) is 24.2 Å². The average molecular weight is 603 g/mol. The van der Waals surface area contributed by atoms with Crippen molar-refractivity contribution >= 4 is 44.4 Å². The number of aromatic nitrogens is 3. The summed E-state index contributed by atoms with van der Waals surface area (Å²) in [5, 5.41) is 3.42. The summed E-state index contributed by atoms with van der Waals surface area (Å²) in [6.45, 7) is 9.13. The van der Waals surface area contributed by atoms with Crippen molar-refractivity contribution in [1.29, 1.82) is 0 Å². The van der Waals surface area contributed by atoms with Crippen molar-refractivity contribution in [3.8, 4) is 0 Å². The number of pyridine rings is 1. The highest BCUT2D eigenvalue weighted by Crippen LogP contribution is 2.30. The van der Waals surface area contributed by atoms with Crippen LogP contribution < -0.4 is 10.0 Å². The van der Waals surface area contributed by atoms with Crippen LogP contribution in [0.1, 0.15) is 54.5 Å². The number of anilines is 2. The van der Waals surface area contributed by atoms with Gasteiger partial charge in [-0.25, -0.2) is 27.9 Å². The van der Waals surface area contributed by atoms with Crippen molar-refractivity contribution in [3.63, 3.8) is 0 Å². The second-order valence-corrected chi connectivity index (χ2v) is 12.4. The number of hydrogen-bond donors (Lipinski definition) is 2. The minimum Gasteiger partial charge on any atom is -0.449 e. The van der Waals surface area contributed by atoms with Gasteiger partial charge in [0.2, 0.25) is 5.95 Å². The van der Waals surface area contributed by atoms with Gasteiger partial charge in [-0.15, -0.1) is 0 Å². The predicted octanol–water partition coefficient (Wildman–Crippen LogP) is 4.47. The van der Waals surface area contributed by atoms with Gasteiger partial charge in [-0.2, -0.15) is 0 Å². The van der Waals surface area contributed by atoms with Crippen molar-refractivity contribution in [3.05, 3.63) is 83.3 Å². The van der Waals surface area contributed by atoms with Crippen LogP contribution in [0.2, 0.25) is 0 Å². The topological polar surface area (TPSA) is 143 Å². The molecular formula is C31H34N6O5S. The lowest BCUT2D eigenvalue weighted by Gasteiger charge is -2.32. The first-order valence-electron chi connectivity index (χ1n) is 14.1. The van der Waals surface area contributed by atoms with Crippen molar-refractivity contribution in [2.24, 2.45) is 0 Å². The first-order chi connectivity index (χ1) is 20.6. The largest absolute Gasteiger partial charge is 0.449 e. The van der Waals surface area contributed by atoms with Crippen molar-refractivity contribution in [2.75, 3.05) is 16.6 Å². The van der Waals surface area contributed by atoms with Gasteiger partial charge in [-0.1, -0.05) is 25.1 Å². The van der Waals surface area contributed by atoms with E-state index in [4.69, 9.17) is 9.72 Å². The minimum atomic E-state index is -3.94. The third-order valence-corrected chi connectivity index (χ3v) is 8.72. The smallest absolute Gasteiger partial charge is 0.340 e. The van der Waals surface area contributed by atoms with Gasteiger partial charge in [0.05, 0.1) is 16.0 Å². The normalized spacial score (nSPS) is 14.3. The summed E-state index contributed by atoms with van der Waals surface area (Å²) < 4.78 is 33.7. The fourth-order valence-corrected chi connectivity index (χ4v) is 5.96. The highest BCUT2D eigenvalue weighted by Gasteiger charge is 2.30. The Balaban J connectivity index is 1.32. The maximum Gasteiger partial charge on any atom is 0.340 e. The number of aryl methyl sites for hydroxylation is 1. The molecule has 1 aliphatic heterocycles. The lowest BCUT2D eigenvalue weighted by Crippen LogP contribution is -2.38. The number of amides is 1. The van der Waals surface area contributed by atoms with Gasteiger partial charge in [-0.05, 0) is 63.6 Å². The second-order valence-electron chi connectivity index (χ2n) is 10.7. The van der Waals surface area contributed by atoms with E-state index in [-0.39, 0.29) is 17.3 Å². The number of benzene rings is 2. The molecule has 0 aliphatic carbocycles. The third-order valence-electron chi connectivity index (χ3n) is 7.38. The van der Waals surface area contributed by atoms with Crippen LogP contribution in [-0.2, 0) is 32.5 Å². The van der Waals surface area contributed by atoms with Gasteiger partial charge in [-0.3, -0.25) is 14.7 Å². The number of nitrogens with one attached hydrogen (secondary N) is 2. The Morgan fingerprint density at radius 1 is 1.05 bits per heavy atom. The monoisotopic (exact) mass is 602 g/mol. The number of para-hydroxylation sites is 1. The van der Waals surface area contributed by atoms with E-state index in [0.29, 0.717) is 40.4 Å². The lowest BCUT2D eigenvalue weighted by atomic mass is 9.95. The van der Waals surface area contributed by atoms with Gasteiger partial charge in [0.15, 0.2) is 6.10 Å². The molecule has 43 heavy (non-hydrogen) atoms. The summed E-state index contributed by atoms with van der Waals surface area (Å²) >= 11 is 0. The molecular weight excluding hydrogens is 568 g/mol. The number of carbonyl (C=O) groups is 2. The molecule has 1 aliphatic rings. The number of ether oxygens (including phenoxy) is 1. The summed E-state index contributed by atoms with van der Waals surface area (Å²) in [5.74, 6) is -1.13. The number of sulfonamides is 1. The molecule has 1 unspecified atom stereocenters. The fraction of sp³-hybridized carbons (Fsp3) is 0.323. The minimum absolute atomic E-state index is 0.0288. The highest BCUT2D eigenvalue weighted by atomic mass is 32.2. The predicted molar refractivity (Wildman–Crippen MR) is 163 cm³/mol. The van der Waals surface area contributed by atoms with Crippen LogP contribution in [0.3, 0.4) is 0 Å². The Hall–Kier alpha value is -4.42. The number of rotatable bonds is 9. The third kappa shape index (κ3) is 6.65. The van der Waals surface area contributed by atoms with E-state index in [9.17, 15) is 18.0 Å². The molecule has 2 aromatic carbocycles. The average Bonchev–Trinajstić information content (AvgIpc) is 2.98. The molecule has 4 aromatic rings. The summed E-state index contributed by atoms with van der Waals surface area (Å²) in [6, 6.07) is 15.1. The first kappa shape index (κ1) is 30.1. The van der Waals surface area contributed by atoms with Gasteiger partial charge >= 0.3 is 5.97 Å². The number of hydrogen-bond acceptors (Lipinski definition) is 9. The van der Waals surface area contributed by atoms with Crippen LogP contribution in [0.25, 0.3) is 10.9 Å². The molecule has 11 nitrogen and oxygen atoms in total. The van der Waals surface area contributed by atoms with Crippen LogP contribution >= 0.6 is 0 Å². The Labute approximate surface area is 250 Å². The van der Waals surface area contributed by atoms with Crippen molar-refractivity contribution < 1.29 is 22.7 Å². The lowest BCUT2D eigenvalue weighted by molar-refractivity contribution is -0.124. The van der Waals surface area contributed by atoms with Crippen LogP contribution in [0, 0.1) is 6.92 Å². The van der Waals surface area contributed by atoms with Crippen LogP contribution in [0.15, 0.2) is 65.7 Å².